The molecule has 0 atom stereocenters. The third-order valence-corrected chi connectivity index (χ3v) is 6.96. The summed E-state index contributed by atoms with van der Waals surface area (Å²) in [4.78, 5) is 27.9. The molecule has 1 heterocycles. The second-order valence-corrected chi connectivity index (χ2v) is 9.85. The Balaban J connectivity index is 1.55. The number of carbonyl (C=O) groups is 2. The summed E-state index contributed by atoms with van der Waals surface area (Å²) >= 11 is 12.6. The van der Waals surface area contributed by atoms with E-state index in [4.69, 9.17) is 23.2 Å². The number of hydrogen-bond acceptors (Lipinski definition) is 5. The number of sulfonamides is 1. The number of amides is 1. The molecule has 4 rings (SSSR count). The van der Waals surface area contributed by atoms with Crippen LogP contribution in [0.5, 0.6) is 0 Å². The fourth-order valence-corrected chi connectivity index (χ4v) is 4.88. The first kappa shape index (κ1) is 24.4. The standard InChI is InChI=1S/C25H17Cl2N3O4S/c26-22-10-7-17(13-21(22)24-6-1-2-11-28-24)29-25(32)20-9-8-19(14-23(20)27)35(33,34)30-18-5-3-4-16(12-18)15-31/h1-15,30H,(H,29,32). The van der Waals surface area contributed by atoms with Gasteiger partial charge in [0.05, 0.1) is 26.2 Å². The van der Waals surface area contributed by atoms with Gasteiger partial charge in [0.25, 0.3) is 15.9 Å². The van der Waals surface area contributed by atoms with E-state index in [0.29, 0.717) is 33.8 Å². The maximum absolute atomic E-state index is 12.8. The van der Waals surface area contributed by atoms with Gasteiger partial charge in [-0.3, -0.25) is 19.3 Å². The molecule has 1 aromatic heterocycles. The highest BCUT2D eigenvalue weighted by atomic mass is 35.5. The molecule has 10 heteroatoms. The molecule has 3 aromatic carbocycles. The van der Waals surface area contributed by atoms with Gasteiger partial charge in [-0.1, -0.05) is 41.4 Å². The van der Waals surface area contributed by atoms with Crippen LogP contribution in [0.3, 0.4) is 0 Å². The number of benzene rings is 3. The van der Waals surface area contributed by atoms with E-state index < -0.39 is 15.9 Å². The molecule has 176 valence electrons. The molecule has 35 heavy (non-hydrogen) atoms. The summed E-state index contributed by atoms with van der Waals surface area (Å²) in [5, 5.41) is 3.16. The van der Waals surface area contributed by atoms with Gasteiger partial charge in [-0.2, -0.15) is 0 Å². The Morgan fingerprint density at radius 2 is 1.69 bits per heavy atom. The first-order valence-electron chi connectivity index (χ1n) is 10.2. The van der Waals surface area contributed by atoms with Crippen LogP contribution in [0, 0.1) is 0 Å². The lowest BCUT2D eigenvalue weighted by Gasteiger charge is -2.12. The maximum atomic E-state index is 12.8. The van der Waals surface area contributed by atoms with E-state index in [2.05, 4.69) is 15.0 Å². The van der Waals surface area contributed by atoms with Crippen molar-refractivity contribution in [3.63, 3.8) is 0 Å². The van der Waals surface area contributed by atoms with Gasteiger partial charge in [-0.25, -0.2) is 8.42 Å². The largest absolute Gasteiger partial charge is 0.322 e. The number of nitrogens with one attached hydrogen (secondary N) is 2. The molecule has 0 aliphatic carbocycles. The minimum Gasteiger partial charge on any atom is -0.322 e. The summed E-state index contributed by atoms with van der Waals surface area (Å²) in [6.45, 7) is 0. The minimum absolute atomic E-state index is 0.0501. The summed E-state index contributed by atoms with van der Waals surface area (Å²) < 4.78 is 27.9. The molecule has 0 fully saturated rings. The molecule has 0 unspecified atom stereocenters. The van der Waals surface area contributed by atoms with Crippen molar-refractivity contribution in [3.05, 3.63) is 106 Å². The number of aldehydes is 1. The first-order valence-corrected chi connectivity index (χ1v) is 12.4. The van der Waals surface area contributed by atoms with Crippen molar-refractivity contribution in [1.82, 2.24) is 4.98 Å². The lowest BCUT2D eigenvalue weighted by Crippen LogP contribution is -2.15. The van der Waals surface area contributed by atoms with Crippen LogP contribution in [0.15, 0.2) is 90.0 Å². The van der Waals surface area contributed by atoms with E-state index in [0.717, 1.165) is 0 Å². The highest BCUT2D eigenvalue weighted by Crippen LogP contribution is 2.30. The molecule has 7 nitrogen and oxygen atoms in total. The molecule has 0 saturated heterocycles. The monoisotopic (exact) mass is 525 g/mol. The van der Waals surface area contributed by atoms with Crippen molar-refractivity contribution in [2.45, 2.75) is 4.90 Å². The van der Waals surface area contributed by atoms with Gasteiger partial charge in [-0.05, 0) is 60.7 Å². The Morgan fingerprint density at radius 3 is 2.40 bits per heavy atom. The fourth-order valence-electron chi connectivity index (χ4n) is 3.26. The normalized spacial score (nSPS) is 11.0. The van der Waals surface area contributed by atoms with Crippen molar-refractivity contribution in [2.75, 3.05) is 10.0 Å². The number of carbonyl (C=O) groups excluding carboxylic acids is 2. The maximum Gasteiger partial charge on any atom is 0.261 e. The van der Waals surface area contributed by atoms with E-state index >= 15 is 0 Å². The number of pyridine rings is 1. The summed E-state index contributed by atoms with van der Waals surface area (Å²) in [7, 11) is -4.01. The quantitative estimate of drug-likeness (QED) is 0.291. The summed E-state index contributed by atoms with van der Waals surface area (Å²) in [5.41, 5.74) is 2.38. The number of hydrogen-bond donors (Lipinski definition) is 2. The predicted molar refractivity (Wildman–Crippen MR) is 137 cm³/mol. The fraction of sp³-hybridized carbons (Fsp3) is 0. The lowest BCUT2D eigenvalue weighted by molar-refractivity contribution is 0.102. The van der Waals surface area contributed by atoms with Crippen molar-refractivity contribution in [3.8, 4) is 11.3 Å². The van der Waals surface area contributed by atoms with E-state index in [-0.39, 0.29) is 21.2 Å². The highest BCUT2D eigenvalue weighted by Gasteiger charge is 2.19. The SMILES string of the molecule is O=Cc1cccc(NS(=O)(=O)c2ccc(C(=O)Nc3ccc(Cl)c(-c4ccccn4)c3)c(Cl)c2)c1. The Kier molecular flexibility index (Phi) is 7.16. The highest BCUT2D eigenvalue weighted by molar-refractivity contribution is 7.92. The summed E-state index contributed by atoms with van der Waals surface area (Å²) in [6, 6.07) is 20.2. The number of nitrogens with zero attached hydrogens (tertiary/aromatic N) is 1. The zero-order chi connectivity index (χ0) is 25.0. The van der Waals surface area contributed by atoms with Crippen molar-refractivity contribution in [1.29, 1.82) is 0 Å². The third-order valence-electron chi connectivity index (χ3n) is 4.94. The Morgan fingerprint density at radius 1 is 0.857 bits per heavy atom. The number of rotatable bonds is 7. The average Bonchev–Trinajstić information content (AvgIpc) is 2.85. The van der Waals surface area contributed by atoms with Crippen LogP contribution in [-0.2, 0) is 10.0 Å². The summed E-state index contributed by atoms with van der Waals surface area (Å²) in [6.07, 6.45) is 2.25. The van der Waals surface area contributed by atoms with Crippen LogP contribution >= 0.6 is 23.2 Å². The van der Waals surface area contributed by atoms with Gasteiger partial charge in [0.15, 0.2) is 0 Å². The molecule has 1 amide bonds. The molecular formula is C25H17Cl2N3O4S. The lowest BCUT2D eigenvalue weighted by atomic mass is 10.1. The average molecular weight is 526 g/mol. The van der Waals surface area contributed by atoms with Gasteiger partial charge in [0.1, 0.15) is 6.29 Å². The first-order chi connectivity index (χ1) is 16.8. The molecule has 0 aliphatic rings. The van der Waals surface area contributed by atoms with Crippen LogP contribution in [0.4, 0.5) is 11.4 Å². The number of aromatic nitrogens is 1. The van der Waals surface area contributed by atoms with E-state index in [1.807, 2.05) is 6.07 Å². The van der Waals surface area contributed by atoms with Gasteiger partial charge >= 0.3 is 0 Å². The zero-order valence-electron chi connectivity index (χ0n) is 17.9. The Labute approximate surface area is 211 Å². The smallest absolute Gasteiger partial charge is 0.261 e. The molecule has 0 spiro atoms. The molecule has 2 N–H and O–H groups in total. The predicted octanol–water partition coefficient (Wildman–Crippen LogP) is 5.92. The van der Waals surface area contributed by atoms with Crippen LogP contribution < -0.4 is 10.0 Å². The number of anilines is 2. The van der Waals surface area contributed by atoms with E-state index in [1.165, 1.54) is 30.3 Å². The molecule has 0 saturated carbocycles. The number of halogens is 2. The van der Waals surface area contributed by atoms with E-state index in [1.54, 1.807) is 48.7 Å². The van der Waals surface area contributed by atoms with Crippen LogP contribution in [0.2, 0.25) is 10.0 Å². The Hall–Kier alpha value is -3.72. The minimum atomic E-state index is -4.01. The zero-order valence-corrected chi connectivity index (χ0v) is 20.2. The van der Waals surface area contributed by atoms with Crippen LogP contribution in [0.1, 0.15) is 20.7 Å². The van der Waals surface area contributed by atoms with Crippen LogP contribution in [0.25, 0.3) is 11.3 Å². The van der Waals surface area contributed by atoms with Crippen molar-refractivity contribution in [2.24, 2.45) is 0 Å². The second-order valence-electron chi connectivity index (χ2n) is 7.35. The molecule has 0 aliphatic heterocycles. The van der Waals surface area contributed by atoms with Gasteiger partial charge in [0.2, 0.25) is 0 Å². The van der Waals surface area contributed by atoms with Crippen LogP contribution in [-0.4, -0.2) is 25.6 Å². The third kappa shape index (κ3) is 5.68. The topological polar surface area (TPSA) is 105 Å². The van der Waals surface area contributed by atoms with Gasteiger partial charge in [-0.15, -0.1) is 0 Å². The van der Waals surface area contributed by atoms with E-state index in [9.17, 15) is 18.0 Å². The molecule has 0 bridgehead atoms. The second kappa shape index (κ2) is 10.3. The summed E-state index contributed by atoms with van der Waals surface area (Å²) in [5.74, 6) is -0.528. The van der Waals surface area contributed by atoms with Gasteiger partial charge in [0, 0.05) is 28.7 Å². The Bertz CT molecular complexity index is 1530. The van der Waals surface area contributed by atoms with Gasteiger partial charge < -0.3 is 5.32 Å². The molecule has 4 aromatic rings. The van der Waals surface area contributed by atoms with Crippen molar-refractivity contribution >= 4 is 56.8 Å². The van der Waals surface area contributed by atoms with Crippen molar-refractivity contribution < 1.29 is 18.0 Å². The molecular weight excluding hydrogens is 509 g/mol. The molecule has 0 radical (unpaired) electrons.